The lowest BCUT2D eigenvalue weighted by molar-refractivity contribution is 0.0715. The highest BCUT2D eigenvalue weighted by atomic mass is 32.2. The molecular formula is C16H20N2OS. The van der Waals surface area contributed by atoms with Gasteiger partial charge in [-0.1, -0.05) is 23.5 Å². The average Bonchev–Trinajstić information content (AvgIpc) is 2.46. The maximum atomic E-state index is 12.8. The van der Waals surface area contributed by atoms with Crippen LogP contribution in [-0.2, 0) is 0 Å². The van der Waals surface area contributed by atoms with Crippen LogP contribution in [0.3, 0.4) is 0 Å². The van der Waals surface area contributed by atoms with Gasteiger partial charge in [0, 0.05) is 29.7 Å². The summed E-state index contributed by atoms with van der Waals surface area (Å²) in [6.45, 7) is 5.21. The Hall–Kier alpha value is -1.44. The zero-order chi connectivity index (χ0) is 14.5. The van der Waals surface area contributed by atoms with Crippen LogP contribution in [0.15, 0.2) is 18.2 Å². The van der Waals surface area contributed by atoms with Crippen molar-refractivity contribution >= 4 is 17.7 Å². The molecule has 2 N–H and O–H groups in total. The SMILES string of the molecule is Cc1ccc(C#CCN)c(C(=O)N2CCSCC2C)c1. The second-order valence-electron chi connectivity index (χ2n) is 4.98. The van der Waals surface area contributed by atoms with Gasteiger partial charge < -0.3 is 10.6 Å². The van der Waals surface area contributed by atoms with Gasteiger partial charge in [0.1, 0.15) is 0 Å². The van der Waals surface area contributed by atoms with Crippen LogP contribution >= 0.6 is 11.8 Å². The second kappa shape index (κ2) is 6.83. The molecule has 1 aliphatic rings. The number of rotatable bonds is 1. The Morgan fingerprint density at radius 2 is 2.35 bits per heavy atom. The van der Waals surface area contributed by atoms with E-state index < -0.39 is 0 Å². The molecule has 1 fully saturated rings. The van der Waals surface area contributed by atoms with Gasteiger partial charge in [0.15, 0.2) is 0 Å². The lowest BCUT2D eigenvalue weighted by Gasteiger charge is -2.33. The molecule has 1 amide bonds. The molecule has 1 aromatic carbocycles. The number of benzene rings is 1. The molecule has 1 atom stereocenters. The Balaban J connectivity index is 2.34. The minimum Gasteiger partial charge on any atom is -0.334 e. The summed E-state index contributed by atoms with van der Waals surface area (Å²) >= 11 is 1.90. The molecule has 1 aliphatic heterocycles. The van der Waals surface area contributed by atoms with E-state index in [1.807, 2.05) is 41.8 Å². The summed E-state index contributed by atoms with van der Waals surface area (Å²) < 4.78 is 0. The Labute approximate surface area is 124 Å². The van der Waals surface area contributed by atoms with E-state index in [1.165, 1.54) is 0 Å². The highest BCUT2D eigenvalue weighted by Crippen LogP contribution is 2.21. The fraction of sp³-hybridized carbons (Fsp3) is 0.438. The van der Waals surface area contributed by atoms with E-state index in [4.69, 9.17) is 5.73 Å². The third-order valence-electron chi connectivity index (χ3n) is 3.36. The molecule has 1 heterocycles. The Kier molecular flexibility index (Phi) is 5.11. The predicted molar refractivity (Wildman–Crippen MR) is 84.9 cm³/mol. The number of amides is 1. The Morgan fingerprint density at radius 3 is 3.05 bits per heavy atom. The second-order valence-corrected chi connectivity index (χ2v) is 6.13. The van der Waals surface area contributed by atoms with E-state index in [-0.39, 0.29) is 11.9 Å². The number of carbonyl (C=O) groups excluding carboxylic acids is 1. The van der Waals surface area contributed by atoms with Crippen LogP contribution in [-0.4, -0.2) is 41.4 Å². The molecule has 0 saturated carbocycles. The number of nitrogens with two attached hydrogens (primary N) is 1. The van der Waals surface area contributed by atoms with Crippen molar-refractivity contribution in [1.29, 1.82) is 0 Å². The maximum absolute atomic E-state index is 12.8. The van der Waals surface area contributed by atoms with Crippen molar-refractivity contribution in [3.05, 3.63) is 34.9 Å². The van der Waals surface area contributed by atoms with E-state index in [2.05, 4.69) is 18.8 Å². The molecule has 1 unspecified atom stereocenters. The summed E-state index contributed by atoms with van der Waals surface area (Å²) in [5.74, 6) is 7.94. The van der Waals surface area contributed by atoms with Gasteiger partial charge in [0.2, 0.25) is 0 Å². The average molecular weight is 288 g/mol. The molecule has 0 radical (unpaired) electrons. The summed E-state index contributed by atoms with van der Waals surface area (Å²) in [4.78, 5) is 14.7. The molecule has 1 aromatic rings. The van der Waals surface area contributed by atoms with Gasteiger partial charge in [-0.3, -0.25) is 4.79 Å². The van der Waals surface area contributed by atoms with Gasteiger partial charge in [-0.2, -0.15) is 11.8 Å². The first-order valence-corrected chi connectivity index (χ1v) is 7.97. The topological polar surface area (TPSA) is 46.3 Å². The molecule has 3 nitrogen and oxygen atoms in total. The number of aryl methyl sites for hydroxylation is 1. The van der Waals surface area contributed by atoms with Crippen molar-refractivity contribution in [2.75, 3.05) is 24.6 Å². The maximum Gasteiger partial charge on any atom is 0.255 e. The first-order chi connectivity index (χ1) is 9.63. The number of carbonyl (C=O) groups is 1. The van der Waals surface area contributed by atoms with Gasteiger partial charge in [-0.15, -0.1) is 0 Å². The first kappa shape index (κ1) is 15.0. The minimum absolute atomic E-state index is 0.0859. The molecule has 0 aliphatic carbocycles. The summed E-state index contributed by atoms with van der Waals surface area (Å²) in [6, 6.07) is 6.09. The lowest BCUT2D eigenvalue weighted by atomic mass is 10.0. The van der Waals surface area contributed by atoms with Crippen LogP contribution in [0.25, 0.3) is 0 Å². The summed E-state index contributed by atoms with van der Waals surface area (Å²) in [5.41, 5.74) is 7.97. The zero-order valence-electron chi connectivity index (χ0n) is 12.0. The van der Waals surface area contributed by atoms with E-state index in [1.54, 1.807) is 0 Å². The number of thioether (sulfide) groups is 1. The fourth-order valence-electron chi connectivity index (χ4n) is 2.27. The van der Waals surface area contributed by atoms with Crippen molar-refractivity contribution in [3.8, 4) is 11.8 Å². The largest absolute Gasteiger partial charge is 0.334 e. The number of nitrogens with zero attached hydrogens (tertiary/aromatic N) is 1. The summed E-state index contributed by atoms with van der Waals surface area (Å²) in [7, 11) is 0. The molecule has 0 spiro atoms. The van der Waals surface area contributed by atoms with Crippen molar-refractivity contribution in [2.24, 2.45) is 5.73 Å². The van der Waals surface area contributed by atoms with E-state index in [0.717, 1.165) is 29.2 Å². The van der Waals surface area contributed by atoms with E-state index in [9.17, 15) is 4.79 Å². The van der Waals surface area contributed by atoms with Gasteiger partial charge in [-0.25, -0.2) is 0 Å². The Morgan fingerprint density at radius 1 is 1.55 bits per heavy atom. The molecule has 106 valence electrons. The standard InChI is InChI=1S/C16H20N2OS/c1-12-5-6-14(4-3-7-17)15(10-12)16(19)18-8-9-20-11-13(18)2/h5-6,10,13H,7-9,11,17H2,1-2H3. The van der Waals surface area contributed by atoms with E-state index in [0.29, 0.717) is 12.1 Å². The van der Waals surface area contributed by atoms with Gasteiger partial charge in [0.25, 0.3) is 5.91 Å². The van der Waals surface area contributed by atoms with E-state index >= 15 is 0 Å². The van der Waals surface area contributed by atoms with Crippen molar-refractivity contribution in [1.82, 2.24) is 4.90 Å². The predicted octanol–water partition coefficient (Wildman–Crippen LogP) is 1.88. The fourth-order valence-corrected chi connectivity index (χ4v) is 3.29. The molecule has 2 rings (SSSR count). The summed E-state index contributed by atoms with van der Waals surface area (Å²) in [6.07, 6.45) is 0. The first-order valence-electron chi connectivity index (χ1n) is 6.81. The highest BCUT2D eigenvalue weighted by Gasteiger charge is 2.25. The van der Waals surface area contributed by atoms with Crippen molar-refractivity contribution in [2.45, 2.75) is 19.9 Å². The molecular weight excluding hydrogens is 268 g/mol. The van der Waals surface area contributed by atoms with Crippen molar-refractivity contribution < 1.29 is 4.79 Å². The molecule has 0 aromatic heterocycles. The molecule has 1 saturated heterocycles. The van der Waals surface area contributed by atoms with Gasteiger partial charge in [0.05, 0.1) is 12.1 Å². The van der Waals surface area contributed by atoms with Crippen LogP contribution in [0.4, 0.5) is 0 Å². The van der Waals surface area contributed by atoms with Gasteiger partial charge >= 0.3 is 0 Å². The van der Waals surface area contributed by atoms with Crippen LogP contribution in [0, 0.1) is 18.8 Å². The monoisotopic (exact) mass is 288 g/mol. The zero-order valence-corrected chi connectivity index (χ0v) is 12.8. The number of hydrogen-bond donors (Lipinski definition) is 1. The molecule has 4 heteroatoms. The highest BCUT2D eigenvalue weighted by molar-refractivity contribution is 7.99. The van der Waals surface area contributed by atoms with Gasteiger partial charge in [-0.05, 0) is 26.0 Å². The normalized spacial score (nSPS) is 18.4. The Bertz CT molecular complexity index is 559. The third-order valence-corrected chi connectivity index (χ3v) is 4.55. The van der Waals surface area contributed by atoms with Crippen LogP contribution < -0.4 is 5.73 Å². The van der Waals surface area contributed by atoms with Crippen LogP contribution in [0.5, 0.6) is 0 Å². The quantitative estimate of drug-likeness (QED) is 0.803. The number of hydrogen-bond acceptors (Lipinski definition) is 3. The third kappa shape index (κ3) is 3.36. The minimum atomic E-state index is 0.0859. The summed E-state index contributed by atoms with van der Waals surface area (Å²) in [5, 5.41) is 0. The molecule has 0 bridgehead atoms. The smallest absolute Gasteiger partial charge is 0.255 e. The van der Waals surface area contributed by atoms with Crippen molar-refractivity contribution in [3.63, 3.8) is 0 Å². The lowest BCUT2D eigenvalue weighted by Crippen LogP contribution is -2.44. The molecule has 20 heavy (non-hydrogen) atoms. The van der Waals surface area contributed by atoms with Crippen LogP contribution in [0.2, 0.25) is 0 Å². The van der Waals surface area contributed by atoms with Crippen LogP contribution in [0.1, 0.15) is 28.4 Å².